The minimum atomic E-state index is -0.649. The van der Waals surface area contributed by atoms with Crippen LogP contribution in [-0.2, 0) is 0 Å². The van der Waals surface area contributed by atoms with Crippen LogP contribution in [0.4, 0.5) is 4.39 Å². The summed E-state index contributed by atoms with van der Waals surface area (Å²) in [6, 6.07) is 0. The van der Waals surface area contributed by atoms with Crippen molar-refractivity contribution < 1.29 is 4.39 Å². The Bertz CT molecular complexity index is 59.0. The topological polar surface area (TPSA) is 0 Å². The Morgan fingerprint density at radius 1 is 1.80 bits per heavy atom. The normalized spacial score (nSPS) is 5.20. The highest BCUT2D eigenvalue weighted by atomic mass is 35.5. The van der Waals surface area contributed by atoms with Crippen molar-refractivity contribution in [3.63, 3.8) is 0 Å². The van der Waals surface area contributed by atoms with Gasteiger partial charge in [0.2, 0.25) is 0 Å². The van der Waals surface area contributed by atoms with Crippen LogP contribution in [0.25, 0.3) is 0 Å². The lowest BCUT2D eigenvalue weighted by Crippen LogP contribution is -1.53. The third-order valence-electron chi connectivity index (χ3n) is 0.134. The molecule has 0 atom stereocenters. The van der Waals surface area contributed by atoms with Crippen LogP contribution in [0.3, 0.4) is 0 Å². The van der Waals surface area contributed by atoms with Gasteiger partial charge in [0.1, 0.15) is 0 Å². The average Bonchev–Trinajstić information content (AvgIpc) is 1.41. The summed E-state index contributed by atoms with van der Waals surface area (Å²) in [4.78, 5) is 0. The smallest absolute Gasteiger partial charge is 0.151 e. The molecule has 0 bridgehead atoms. The largest absolute Gasteiger partial charge is 0.237 e. The fourth-order valence-corrected chi connectivity index (χ4v) is 0.0758. The average molecular weight is 92.5 g/mol. The second-order valence-corrected chi connectivity index (χ2v) is 0.594. The van der Waals surface area contributed by atoms with Gasteiger partial charge in [-0.3, -0.25) is 0 Å². The van der Waals surface area contributed by atoms with Gasteiger partial charge in [-0.25, -0.2) is 4.39 Å². The van der Waals surface area contributed by atoms with Crippen molar-refractivity contribution in [1.82, 2.24) is 0 Å². The molecule has 0 aliphatic carbocycles. The predicted octanol–water partition coefficient (Wildman–Crippen LogP) is 1.16. The summed E-state index contributed by atoms with van der Waals surface area (Å²) in [7, 11) is 0. The molecule has 0 fully saturated rings. The second kappa shape index (κ2) is 3.78. The predicted molar refractivity (Wildman–Crippen MR) is 19.6 cm³/mol. The van der Waals surface area contributed by atoms with Crippen molar-refractivity contribution in [2.75, 3.05) is 6.67 Å². The highest BCUT2D eigenvalue weighted by Crippen LogP contribution is 1.62. The Morgan fingerprint density at radius 3 is 2.40 bits per heavy atom. The van der Waals surface area contributed by atoms with E-state index in [-0.39, 0.29) is 0 Å². The van der Waals surface area contributed by atoms with Gasteiger partial charge >= 0.3 is 0 Å². The molecule has 0 heterocycles. The van der Waals surface area contributed by atoms with Crippen LogP contribution in [0.2, 0.25) is 0 Å². The molecule has 0 aliphatic rings. The minimum Gasteiger partial charge on any atom is -0.237 e. The van der Waals surface area contributed by atoms with Gasteiger partial charge in [-0.05, 0) is 11.6 Å². The van der Waals surface area contributed by atoms with Gasteiger partial charge in [-0.2, -0.15) is 0 Å². The second-order valence-electron chi connectivity index (χ2n) is 0.405. The molecular formula is C3H2ClF. The monoisotopic (exact) mass is 92.0 g/mol. The molecule has 0 aliphatic heterocycles. The summed E-state index contributed by atoms with van der Waals surface area (Å²) >= 11 is 4.70. The summed E-state index contributed by atoms with van der Waals surface area (Å²) in [5, 5.41) is 1.86. The third-order valence-corrected chi connectivity index (χ3v) is 0.267. The lowest BCUT2D eigenvalue weighted by molar-refractivity contribution is 0.573. The van der Waals surface area contributed by atoms with Crippen molar-refractivity contribution in [3.05, 3.63) is 0 Å². The lowest BCUT2D eigenvalue weighted by Gasteiger charge is -1.53. The van der Waals surface area contributed by atoms with E-state index in [0.717, 1.165) is 0 Å². The maximum Gasteiger partial charge on any atom is 0.151 e. The van der Waals surface area contributed by atoms with Gasteiger partial charge < -0.3 is 0 Å². The zero-order valence-corrected chi connectivity index (χ0v) is 3.22. The van der Waals surface area contributed by atoms with E-state index in [9.17, 15) is 4.39 Å². The SMILES string of the molecule is FCC#CCl. The Labute approximate surface area is 34.9 Å². The first-order valence-electron chi connectivity index (χ1n) is 1.06. The molecule has 0 spiro atoms. The van der Waals surface area contributed by atoms with Crippen LogP contribution in [0.5, 0.6) is 0 Å². The van der Waals surface area contributed by atoms with Gasteiger partial charge in [0, 0.05) is 5.38 Å². The maximum absolute atomic E-state index is 10.7. The van der Waals surface area contributed by atoms with E-state index in [4.69, 9.17) is 11.6 Å². The lowest BCUT2D eigenvalue weighted by atomic mass is 10.8. The molecule has 0 rings (SSSR count). The van der Waals surface area contributed by atoms with Crippen LogP contribution in [0, 0.1) is 11.3 Å². The van der Waals surface area contributed by atoms with Crippen molar-refractivity contribution in [2.24, 2.45) is 0 Å². The molecule has 2 heteroatoms. The van der Waals surface area contributed by atoms with E-state index in [0.29, 0.717) is 0 Å². The summed E-state index contributed by atoms with van der Waals surface area (Å²) in [6.45, 7) is -0.649. The quantitative estimate of drug-likeness (QED) is 0.393. The third kappa shape index (κ3) is 3.78. The highest BCUT2D eigenvalue weighted by Gasteiger charge is 1.54. The Morgan fingerprint density at radius 2 is 2.40 bits per heavy atom. The van der Waals surface area contributed by atoms with Crippen LogP contribution < -0.4 is 0 Å². The zero-order valence-electron chi connectivity index (χ0n) is 2.46. The summed E-state index contributed by atoms with van der Waals surface area (Å²) in [6.07, 6.45) is 0. The molecule has 5 heavy (non-hydrogen) atoms. The Kier molecular flexibility index (Phi) is 3.61. The van der Waals surface area contributed by atoms with Gasteiger partial charge in [-0.1, -0.05) is 5.92 Å². The van der Waals surface area contributed by atoms with Crippen LogP contribution in [-0.4, -0.2) is 6.67 Å². The number of alkyl halides is 1. The first-order valence-corrected chi connectivity index (χ1v) is 1.44. The van der Waals surface area contributed by atoms with Crippen LogP contribution in [0.1, 0.15) is 0 Å². The molecule has 0 aromatic rings. The van der Waals surface area contributed by atoms with E-state index in [2.05, 4.69) is 0 Å². The summed E-state index contributed by atoms with van der Waals surface area (Å²) in [5.74, 6) is 1.96. The van der Waals surface area contributed by atoms with Gasteiger partial charge in [0.05, 0.1) is 0 Å². The molecule has 0 aromatic carbocycles. The van der Waals surface area contributed by atoms with Crippen molar-refractivity contribution in [2.45, 2.75) is 0 Å². The molecule has 0 unspecified atom stereocenters. The van der Waals surface area contributed by atoms with Crippen LogP contribution >= 0.6 is 11.6 Å². The van der Waals surface area contributed by atoms with E-state index < -0.39 is 6.67 Å². The standard InChI is InChI=1S/C3H2ClF/c4-2-1-3-5/h3H2. The fourth-order valence-electron chi connectivity index (χ4n) is 0.0253. The minimum absolute atomic E-state index is 0.649. The van der Waals surface area contributed by atoms with E-state index in [1.165, 1.54) is 0 Å². The Hall–Kier alpha value is -0.220. The van der Waals surface area contributed by atoms with Crippen LogP contribution in [0.15, 0.2) is 0 Å². The molecule has 0 saturated carbocycles. The Balaban J connectivity index is 2.81. The zero-order chi connectivity index (χ0) is 4.12. The molecule has 0 nitrogen and oxygen atoms in total. The van der Waals surface area contributed by atoms with Crippen molar-refractivity contribution >= 4 is 11.6 Å². The summed E-state index contributed by atoms with van der Waals surface area (Å²) < 4.78 is 10.7. The van der Waals surface area contributed by atoms with Gasteiger partial charge in [0.25, 0.3) is 0 Å². The number of hydrogen-bond acceptors (Lipinski definition) is 0. The number of hydrogen-bond donors (Lipinski definition) is 0. The molecule has 0 aromatic heterocycles. The van der Waals surface area contributed by atoms with E-state index in [1.807, 2.05) is 11.3 Å². The number of halogens is 2. The van der Waals surface area contributed by atoms with Crippen molar-refractivity contribution in [1.29, 1.82) is 0 Å². The van der Waals surface area contributed by atoms with E-state index in [1.54, 1.807) is 0 Å². The molecule has 0 saturated heterocycles. The molecule has 28 valence electrons. The first-order chi connectivity index (χ1) is 2.41. The van der Waals surface area contributed by atoms with Gasteiger partial charge in [-0.15, -0.1) is 0 Å². The number of rotatable bonds is 0. The maximum atomic E-state index is 10.7. The molecular weight excluding hydrogens is 90.5 g/mol. The van der Waals surface area contributed by atoms with Gasteiger partial charge in [0.15, 0.2) is 6.67 Å². The molecule has 0 N–H and O–H groups in total. The first kappa shape index (κ1) is 4.78. The molecule has 0 amide bonds. The summed E-state index contributed by atoms with van der Waals surface area (Å²) in [5.41, 5.74) is 0. The highest BCUT2D eigenvalue weighted by molar-refractivity contribution is 6.30. The fraction of sp³-hybridized carbons (Fsp3) is 0.333. The molecule has 0 radical (unpaired) electrons. The van der Waals surface area contributed by atoms with E-state index >= 15 is 0 Å². The van der Waals surface area contributed by atoms with Crippen molar-refractivity contribution in [3.8, 4) is 11.3 Å².